The van der Waals surface area contributed by atoms with Crippen LogP contribution in [-0.2, 0) is 4.74 Å². The van der Waals surface area contributed by atoms with Crippen molar-refractivity contribution in [2.45, 2.75) is 26.4 Å². The van der Waals surface area contributed by atoms with Gasteiger partial charge in [0.25, 0.3) is 0 Å². The van der Waals surface area contributed by atoms with Crippen LogP contribution in [0.3, 0.4) is 0 Å². The van der Waals surface area contributed by atoms with Crippen molar-refractivity contribution in [1.29, 1.82) is 0 Å². The van der Waals surface area contributed by atoms with E-state index in [-0.39, 0.29) is 26.9 Å². The van der Waals surface area contributed by atoms with E-state index in [1.807, 2.05) is 0 Å². The van der Waals surface area contributed by atoms with Crippen molar-refractivity contribution in [3.8, 4) is 0 Å². The van der Waals surface area contributed by atoms with E-state index in [4.69, 9.17) is 27.9 Å². The molecule has 8 heteroatoms. The molecule has 1 N–H and O–H groups in total. The number of hydrogen-bond acceptors (Lipinski definition) is 3. The van der Waals surface area contributed by atoms with Crippen molar-refractivity contribution in [2.24, 2.45) is 0 Å². The molecule has 0 aromatic heterocycles. The number of amides is 1. The summed E-state index contributed by atoms with van der Waals surface area (Å²) in [5.41, 5.74) is -0.0336. The van der Waals surface area contributed by atoms with Crippen LogP contribution in [0.4, 0.5) is 14.9 Å². The quantitative estimate of drug-likeness (QED) is 0.531. The number of carbonyl (C=O) groups is 2. The SMILES string of the molecule is CC(C)(C)OC(=O)Nc1cc(Br)c(C(=O)c2ccc(F)cc2Cl)cc1Cl. The van der Waals surface area contributed by atoms with Gasteiger partial charge in [0.15, 0.2) is 5.78 Å². The van der Waals surface area contributed by atoms with Gasteiger partial charge in [-0.1, -0.05) is 23.2 Å². The molecule has 0 saturated heterocycles. The highest BCUT2D eigenvalue weighted by Crippen LogP contribution is 2.32. The van der Waals surface area contributed by atoms with E-state index in [9.17, 15) is 14.0 Å². The maximum atomic E-state index is 13.2. The minimum atomic E-state index is -0.674. The number of ether oxygens (including phenoxy) is 1. The largest absolute Gasteiger partial charge is 0.444 e. The maximum Gasteiger partial charge on any atom is 0.412 e. The second kappa shape index (κ2) is 7.94. The monoisotopic (exact) mass is 461 g/mol. The molecule has 2 aromatic carbocycles. The predicted molar refractivity (Wildman–Crippen MR) is 104 cm³/mol. The van der Waals surface area contributed by atoms with Crippen LogP contribution in [0, 0.1) is 5.82 Å². The van der Waals surface area contributed by atoms with Crippen LogP contribution in [0.15, 0.2) is 34.8 Å². The Kier molecular flexibility index (Phi) is 6.32. The van der Waals surface area contributed by atoms with Crippen molar-refractivity contribution in [2.75, 3.05) is 5.32 Å². The Hall–Kier alpha value is -1.63. The Bertz CT molecular complexity index is 881. The summed E-state index contributed by atoms with van der Waals surface area (Å²) < 4.78 is 18.7. The Morgan fingerprint density at radius 1 is 1.08 bits per heavy atom. The highest BCUT2D eigenvalue weighted by Gasteiger charge is 2.21. The number of nitrogens with one attached hydrogen (secondary N) is 1. The number of ketones is 1. The normalized spacial score (nSPS) is 11.2. The van der Waals surface area contributed by atoms with Gasteiger partial charge in [0, 0.05) is 15.6 Å². The minimum Gasteiger partial charge on any atom is -0.444 e. The van der Waals surface area contributed by atoms with E-state index in [2.05, 4.69) is 21.2 Å². The topological polar surface area (TPSA) is 55.4 Å². The van der Waals surface area contributed by atoms with Crippen LogP contribution in [0.1, 0.15) is 36.7 Å². The molecule has 26 heavy (non-hydrogen) atoms. The summed E-state index contributed by atoms with van der Waals surface area (Å²) in [6.07, 6.45) is -0.674. The van der Waals surface area contributed by atoms with E-state index in [1.165, 1.54) is 18.2 Å². The first-order chi connectivity index (χ1) is 12.0. The van der Waals surface area contributed by atoms with E-state index in [0.717, 1.165) is 12.1 Å². The van der Waals surface area contributed by atoms with Crippen LogP contribution >= 0.6 is 39.1 Å². The molecule has 0 heterocycles. The molecule has 138 valence electrons. The Morgan fingerprint density at radius 3 is 2.31 bits per heavy atom. The fourth-order valence-electron chi connectivity index (χ4n) is 2.05. The fraction of sp³-hybridized carbons (Fsp3) is 0.222. The van der Waals surface area contributed by atoms with E-state index in [0.29, 0.717) is 4.47 Å². The lowest BCUT2D eigenvalue weighted by Gasteiger charge is -2.20. The van der Waals surface area contributed by atoms with Gasteiger partial charge in [-0.15, -0.1) is 0 Å². The van der Waals surface area contributed by atoms with E-state index < -0.39 is 23.3 Å². The van der Waals surface area contributed by atoms with Gasteiger partial charge >= 0.3 is 6.09 Å². The first-order valence-electron chi connectivity index (χ1n) is 7.47. The Morgan fingerprint density at radius 2 is 1.73 bits per heavy atom. The first-order valence-corrected chi connectivity index (χ1v) is 9.01. The van der Waals surface area contributed by atoms with E-state index >= 15 is 0 Å². The molecule has 0 bridgehead atoms. The lowest BCUT2D eigenvalue weighted by molar-refractivity contribution is 0.0636. The molecule has 0 radical (unpaired) electrons. The second-order valence-corrected chi connectivity index (χ2v) is 8.06. The summed E-state index contributed by atoms with van der Waals surface area (Å²) in [7, 11) is 0. The molecule has 4 nitrogen and oxygen atoms in total. The van der Waals surface area contributed by atoms with Crippen LogP contribution in [0.2, 0.25) is 10.0 Å². The van der Waals surface area contributed by atoms with Crippen LogP contribution < -0.4 is 5.32 Å². The first kappa shape index (κ1) is 20.7. The van der Waals surface area contributed by atoms with Crippen molar-refractivity contribution in [1.82, 2.24) is 0 Å². The molecule has 0 atom stereocenters. The zero-order valence-electron chi connectivity index (χ0n) is 14.1. The molecule has 1 amide bonds. The number of hydrogen-bond donors (Lipinski definition) is 1. The third-order valence-electron chi connectivity index (χ3n) is 3.11. The lowest BCUT2D eigenvalue weighted by atomic mass is 10.0. The highest BCUT2D eigenvalue weighted by atomic mass is 79.9. The third-order valence-corrected chi connectivity index (χ3v) is 4.39. The van der Waals surface area contributed by atoms with Gasteiger partial charge in [-0.05, 0) is 67.0 Å². The maximum absolute atomic E-state index is 13.2. The van der Waals surface area contributed by atoms with Crippen LogP contribution in [-0.4, -0.2) is 17.5 Å². The lowest BCUT2D eigenvalue weighted by Crippen LogP contribution is -2.27. The van der Waals surface area contributed by atoms with Crippen molar-refractivity contribution < 1.29 is 18.7 Å². The zero-order valence-corrected chi connectivity index (χ0v) is 17.2. The Labute approximate surface area is 168 Å². The average molecular weight is 463 g/mol. The summed E-state index contributed by atoms with van der Waals surface area (Å²) in [6, 6.07) is 6.38. The number of halogens is 4. The van der Waals surface area contributed by atoms with Gasteiger partial charge in [-0.3, -0.25) is 10.1 Å². The number of rotatable bonds is 3. The Balaban J connectivity index is 2.31. The standard InChI is InChI=1S/C18H15BrCl2FNO3/c1-18(2,3)26-17(25)23-15-8-12(19)11(7-14(15)21)16(24)10-5-4-9(22)6-13(10)20/h4-8H,1-3H3,(H,23,25). The zero-order chi connectivity index (χ0) is 19.6. The van der Waals surface area contributed by atoms with Gasteiger partial charge < -0.3 is 4.74 Å². The van der Waals surface area contributed by atoms with Gasteiger partial charge in [0.2, 0.25) is 0 Å². The number of carbonyl (C=O) groups excluding carboxylic acids is 2. The molecule has 0 aliphatic heterocycles. The van der Waals surface area contributed by atoms with Crippen molar-refractivity contribution >= 4 is 56.7 Å². The van der Waals surface area contributed by atoms with Crippen molar-refractivity contribution in [3.05, 3.63) is 61.8 Å². The average Bonchev–Trinajstić information content (AvgIpc) is 2.48. The molecule has 0 fully saturated rings. The highest BCUT2D eigenvalue weighted by molar-refractivity contribution is 9.10. The molecule has 2 aromatic rings. The molecule has 0 spiro atoms. The summed E-state index contributed by atoms with van der Waals surface area (Å²) in [4.78, 5) is 24.5. The van der Waals surface area contributed by atoms with Gasteiger partial charge in [-0.2, -0.15) is 0 Å². The molecular formula is C18H15BrCl2FNO3. The third kappa shape index (κ3) is 5.19. The fourth-order valence-corrected chi connectivity index (χ4v) is 3.04. The van der Waals surface area contributed by atoms with Gasteiger partial charge in [-0.25, -0.2) is 9.18 Å². The number of anilines is 1. The molecule has 0 aliphatic carbocycles. The number of benzene rings is 2. The van der Waals surface area contributed by atoms with Crippen LogP contribution in [0.25, 0.3) is 0 Å². The molecule has 0 saturated carbocycles. The molecular weight excluding hydrogens is 448 g/mol. The molecule has 0 unspecified atom stereocenters. The molecule has 2 rings (SSSR count). The second-order valence-electron chi connectivity index (χ2n) is 6.39. The molecule has 0 aliphatic rings. The summed E-state index contributed by atoms with van der Waals surface area (Å²) >= 11 is 15.4. The van der Waals surface area contributed by atoms with E-state index in [1.54, 1.807) is 20.8 Å². The summed E-state index contributed by atoms with van der Waals surface area (Å²) in [5.74, 6) is -0.979. The smallest absolute Gasteiger partial charge is 0.412 e. The summed E-state index contributed by atoms with van der Waals surface area (Å²) in [5, 5.41) is 2.66. The van der Waals surface area contributed by atoms with Gasteiger partial charge in [0.1, 0.15) is 11.4 Å². The van der Waals surface area contributed by atoms with Gasteiger partial charge in [0.05, 0.1) is 15.7 Å². The predicted octanol–water partition coefficient (Wildman–Crippen LogP) is 6.47. The minimum absolute atomic E-state index is 0.00558. The van der Waals surface area contributed by atoms with Crippen molar-refractivity contribution in [3.63, 3.8) is 0 Å². The van der Waals surface area contributed by atoms with Crippen LogP contribution in [0.5, 0.6) is 0 Å². The summed E-state index contributed by atoms with van der Waals surface area (Å²) in [6.45, 7) is 5.20.